The molecule has 3 rings (SSSR count). The van der Waals surface area contributed by atoms with Gasteiger partial charge in [-0.25, -0.2) is 8.78 Å². The van der Waals surface area contributed by atoms with Gasteiger partial charge in [0, 0.05) is 49.9 Å². The third-order valence-corrected chi connectivity index (χ3v) is 4.82. The van der Waals surface area contributed by atoms with E-state index in [1.54, 1.807) is 7.11 Å². The van der Waals surface area contributed by atoms with E-state index in [4.69, 9.17) is 4.74 Å². The van der Waals surface area contributed by atoms with Crippen molar-refractivity contribution < 1.29 is 13.5 Å². The minimum Gasteiger partial charge on any atom is -0.385 e. The van der Waals surface area contributed by atoms with Gasteiger partial charge in [-0.1, -0.05) is 0 Å². The minimum atomic E-state index is -0.781. The lowest BCUT2D eigenvalue weighted by Crippen LogP contribution is -2.30. The zero-order valence-electron chi connectivity index (χ0n) is 13.8. The van der Waals surface area contributed by atoms with E-state index < -0.39 is 11.6 Å². The number of ether oxygens (including phenoxy) is 1. The van der Waals surface area contributed by atoms with Gasteiger partial charge >= 0.3 is 0 Å². The van der Waals surface area contributed by atoms with Crippen LogP contribution in [0.15, 0.2) is 12.1 Å². The highest BCUT2D eigenvalue weighted by atomic mass is 19.2. The Labute approximate surface area is 135 Å². The smallest absolute Gasteiger partial charge is 0.160 e. The van der Waals surface area contributed by atoms with Crippen molar-refractivity contribution in [3.05, 3.63) is 35.0 Å². The van der Waals surface area contributed by atoms with Crippen LogP contribution in [0, 0.1) is 18.6 Å². The van der Waals surface area contributed by atoms with E-state index in [0.717, 1.165) is 55.4 Å². The Morgan fingerprint density at radius 1 is 1.30 bits per heavy atom. The van der Waals surface area contributed by atoms with Crippen molar-refractivity contribution in [3.63, 3.8) is 0 Å². The van der Waals surface area contributed by atoms with Gasteiger partial charge in [0.1, 0.15) is 0 Å². The summed E-state index contributed by atoms with van der Waals surface area (Å²) in [4.78, 5) is 0. The fraction of sp³-hybridized carbons (Fsp3) is 0.556. The number of aryl methyl sites for hydroxylation is 2. The molecule has 1 aromatic carbocycles. The van der Waals surface area contributed by atoms with Crippen molar-refractivity contribution in [2.75, 3.05) is 26.8 Å². The first kappa shape index (κ1) is 16.4. The van der Waals surface area contributed by atoms with E-state index in [0.29, 0.717) is 12.5 Å². The Morgan fingerprint density at radius 3 is 2.78 bits per heavy atom. The van der Waals surface area contributed by atoms with E-state index in [1.807, 2.05) is 6.92 Å². The summed E-state index contributed by atoms with van der Waals surface area (Å²) in [6, 6.07) is 2.68. The summed E-state index contributed by atoms with van der Waals surface area (Å²) < 4.78 is 34.8. The minimum absolute atomic E-state index is 0.393. The third kappa shape index (κ3) is 3.12. The number of nitrogens with one attached hydrogen (secondary N) is 1. The summed E-state index contributed by atoms with van der Waals surface area (Å²) in [5.74, 6) is -1.16. The molecule has 0 saturated carbocycles. The van der Waals surface area contributed by atoms with Gasteiger partial charge in [0.2, 0.25) is 0 Å². The molecule has 2 aromatic rings. The van der Waals surface area contributed by atoms with E-state index >= 15 is 0 Å². The summed E-state index contributed by atoms with van der Waals surface area (Å²) in [6.45, 7) is 5.41. The van der Waals surface area contributed by atoms with Gasteiger partial charge in [0.25, 0.3) is 0 Å². The molecule has 0 bridgehead atoms. The summed E-state index contributed by atoms with van der Waals surface area (Å²) in [7, 11) is 1.68. The van der Waals surface area contributed by atoms with E-state index in [-0.39, 0.29) is 0 Å². The Hall–Kier alpha value is -1.46. The van der Waals surface area contributed by atoms with Crippen LogP contribution in [0.1, 0.15) is 36.4 Å². The van der Waals surface area contributed by atoms with Gasteiger partial charge in [0.15, 0.2) is 11.6 Å². The molecule has 1 atom stereocenters. The lowest BCUT2D eigenvalue weighted by atomic mass is 9.93. The molecule has 1 saturated heterocycles. The van der Waals surface area contributed by atoms with E-state index in [2.05, 4.69) is 9.88 Å². The number of methoxy groups -OCH3 is 1. The number of nitrogens with zero attached hydrogens (tertiary/aromatic N) is 1. The van der Waals surface area contributed by atoms with Crippen LogP contribution in [0.2, 0.25) is 0 Å². The van der Waals surface area contributed by atoms with Gasteiger partial charge in [-0.15, -0.1) is 0 Å². The number of aromatic nitrogens is 1. The maximum absolute atomic E-state index is 13.8. The molecule has 1 aromatic heterocycles. The molecule has 2 heterocycles. The maximum Gasteiger partial charge on any atom is 0.160 e. The van der Waals surface area contributed by atoms with Crippen LogP contribution in [-0.2, 0) is 11.3 Å². The Balaban J connectivity index is 2.10. The number of hydrogen-bond acceptors (Lipinski definition) is 2. The summed E-state index contributed by atoms with van der Waals surface area (Å²) >= 11 is 0. The highest BCUT2D eigenvalue weighted by Gasteiger charge is 2.24. The molecule has 1 aliphatic heterocycles. The Kier molecular flexibility index (Phi) is 4.97. The summed E-state index contributed by atoms with van der Waals surface area (Å²) in [5.41, 5.74) is 3.08. The quantitative estimate of drug-likeness (QED) is 0.849. The van der Waals surface area contributed by atoms with Gasteiger partial charge in [-0.2, -0.15) is 0 Å². The van der Waals surface area contributed by atoms with E-state index in [1.165, 1.54) is 17.8 Å². The molecular weight excluding hydrogens is 298 g/mol. The molecule has 126 valence electrons. The first-order chi connectivity index (χ1) is 11.1. The predicted molar refractivity (Wildman–Crippen MR) is 87.9 cm³/mol. The molecule has 0 spiro atoms. The topological polar surface area (TPSA) is 26.2 Å². The summed E-state index contributed by atoms with van der Waals surface area (Å²) in [5, 5.41) is 4.26. The normalized spacial score (nSPS) is 18.7. The maximum atomic E-state index is 13.8. The molecule has 1 aliphatic rings. The summed E-state index contributed by atoms with van der Waals surface area (Å²) in [6.07, 6.45) is 3.09. The van der Waals surface area contributed by atoms with Crippen molar-refractivity contribution in [1.82, 2.24) is 9.88 Å². The Morgan fingerprint density at radius 2 is 2.09 bits per heavy atom. The zero-order valence-corrected chi connectivity index (χ0v) is 13.8. The van der Waals surface area contributed by atoms with Gasteiger partial charge in [-0.05, 0) is 44.4 Å². The fourth-order valence-electron chi connectivity index (χ4n) is 3.75. The first-order valence-corrected chi connectivity index (χ1v) is 8.31. The van der Waals surface area contributed by atoms with E-state index in [9.17, 15) is 8.78 Å². The van der Waals surface area contributed by atoms with Crippen LogP contribution in [0.5, 0.6) is 0 Å². The number of benzene rings is 1. The van der Waals surface area contributed by atoms with Crippen LogP contribution >= 0.6 is 0 Å². The van der Waals surface area contributed by atoms with Gasteiger partial charge < -0.3 is 14.6 Å². The molecule has 1 fully saturated rings. The predicted octanol–water partition coefficient (Wildman–Crippen LogP) is 3.73. The molecule has 0 radical (unpaired) electrons. The van der Waals surface area contributed by atoms with Crippen molar-refractivity contribution in [3.8, 4) is 0 Å². The number of piperidine rings is 1. The van der Waals surface area contributed by atoms with Crippen LogP contribution in [-0.4, -0.2) is 31.4 Å². The number of hydrogen-bond donors (Lipinski definition) is 1. The number of rotatable bonds is 5. The largest absolute Gasteiger partial charge is 0.385 e. The van der Waals surface area contributed by atoms with Crippen molar-refractivity contribution in [1.29, 1.82) is 0 Å². The Bertz CT molecular complexity index is 690. The van der Waals surface area contributed by atoms with Crippen LogP contribution in [0.25, 0.3) is 10.9 Å². The van der Waals surface area contributed by atoms with Crippen LogP contribution in [0.3, 0.4) is 0 Å². The lowest BCUT2D eigenvalue weighted by molar-refractivity contribution is 0.190. The number of halogens is 2. The molecule has 0 aliphatic carbocycles. The van der Waals surface area contributed by atoms with Crippen LogP contribution < -0.4 is 5.32 Å². The standard InChI is InChI=1S/C18H24F2N2O/c1-12-14-9-15(19)16(20)10-17(14)22(7-4-8-23-2)18(12)13-5-3-6-21-11-13/h9-10,13,21H,3-8,11H2,1-2H3. The second-order valence-corrected chi connectivity index (χ2v) is 6.33. The second-order valence-electron chi connectivity index (χ2n) is 6.33. The SMILES string of the molecule is COCCCn1c(C2CCCNC2)c(C)c2cc(F)c(F)cc21. The lowest BCUT2D eigenvalue weighted by Gasteiger charge is -2.25. The van der Waals surface area contributed by atoms with Gasteiger partial charge in [-0.3, -0.25) is 0 Å². The monoisotopic (exact) mass is 322 g/mol. The van der Waals surface area contributed by atoms with Crippen molar-refractivity contribution >= 4 is 10.9 Å². The second kappa shape index (κ2) is 6.97. The molecule has 23 heavy (non-hydrogen) atoms. The zero-order chi connectivity index (χ0) is 16.4. The highest BCUT2D eigenvalue weighted by Crippen LogP contribution is 2.35. The molecule has 1 unspecified atom stereocenters. The van der Waals surface area contributed by atoms with Crippen molar-refractivity contribution in [2.24, 2.45) is 0 Å². The third-order valence-electron chi connectivity index (χ3n) is 4.82. The van der Waals surface area contributed by atoms with Crippen LogP contribution in [0.4, 0.5) is 8.78 Å². The highest BCUT2D eigenvalue weighted by molar-refractivity contribution is 5.85. The fourth-order valence-corrected chi connectivity index (χ4v) is 3.75. The molecule has 5 heteroatoms. The number of fused-ring (bicyclic) bond motifs is 1. The van der Waals surface area contributed by atoms with Gasteiger partial charge in [0.05, 0.1) is 5.52 Å². The first-order valence-electron chi connectivity index (χ1n) is 8.31. The average Bonchev–Trinajstić information content (AvgIpc) is 2.81. The molecule has 3 nitrogen and oxygen atoms in total. The van der Waals surface area contributed by atoms with Crippen molar-refractivity contribution in [2.45, 2.75) is 38.6 Å². The average molecular weight is 322 g/mol. The molecule has 0 amide bonds. The molecular formula is C18H24F2N2O. The molecule has 1 N–H and O–H groups in total.